The second-order valence-corrected chi connectivity index (χ2v) is 18.3. The maximum Gasteiger partial charge on any atom is 0.178 e. The normalized spacial score (nSPS) is 53.6. The van der Waals surface area contributed by atoms with Crippen LogP contribution in [0.15, 0.2) is 24.3 Å². The minimum atomic E-state index is 0.260. The lowest BCUT2D eigenvalue weighted by atomic mass is 9.51. The van der Waals surface area contributed by atoms with Crippen molar-refractivity contribution in [3.8, 4) is 0 Å². The van der Waals surface area contributed by atoms with Gasteiger partial charge in [-0.25, -0.2) is 0 Å². The Kier molecular flexibility index (Phi) is 7.62. The quantitative estimate of drug-likeness (QED) is 0.307. The second-order valence-electron chi connectivity index (χ2n) is 18.3. The van der Waals surface area contributed by atoms with E-state index >= 15 is 0 Å². The summed E-state index contributed by atoms with van der Waals surface area (Å²) < 4.78 is 0. The van der Waals surface area contributed by atoms with Crippen molar-refractivity contribution in [3.63, 3.8) is 0 Å². The first-order valence-electron chi connectivity index (χ1n) is 19.3. The van der Waals surface area contributed by atoms with Crippen LogP contribution in [0.1, 0.15) is 142 Å². The molecule has 0 aliphatic heterocycles. The summed E-state index contributed by atoms with van der Waals surface area (Å²) in [6, 6.07) is 0. The molecular formula is C41H62O. The van der Waals surface area contributed by atoms with E-state index in [1.807, 2.05) is 12.2 Å². The molecule has 1 nitrogen and oxygen atoms in total. The summed E-state index contributed by atoms with van der Waals surface area (Å²) in [4.78, 5) is 13.1. The number of carbonyl (C=O) groups is 1. The smallest absolute Gasteiger partial charge is 0.178 e. The third-order valence-electron chi connectivity index (χ3n) is 16.4. The lowest BCUT2D eigenvalue weighted by Crippen LogP contribution is -2.46. The van der Waals surface area contributed by atoms with Crippen molar-refractivity contribution in [2.24, 2.45) is 81.8 Å². The van der Waals surface area contributed by atoms with E-state index in [4.69, 9.17) is 0 Å². The molecule has 8 saturated carbocycles. The molecule has 0 heterocycles. The maximum atomic E-state index is 13.1. The number of ketones is 1. The van der Waals surface area contributed by atoms with E-state index in [0.717, 1.165) is 59.2 Å². The number of carbonyl (C=O) groups excluding carboxylic acids is 1. The minimum Gasteiger partial charge on any atom is -0.290 e. The molecule has 14 atom stereocenters. The largest absolute Gasteiger partial charge is 0.290 e. The van der Waals surface area contributed by atoms with Crippen LogP contribution in [0, 0.1) is 81.8 Å². The average Bonchev–Trinajstić information content (AvgIpc) is 3.55. The van der Waals surface area contributed by atoms with Crippen LogP contribution in [0.25, 0.3) is 0 Å². The third-order valence-corrected chi connectivity index (χ3v) is 16.4. The van der Waals surface area contributed by atoms with Crippen LogP contribution in [0.3, 0.4) is 0 Å². The number of hydrogen-bond acceptors (Lipinski definition) is 1. The summed E-state index contributed by atoms with van der Waals surface area (Å²) >= 11 is 0. The van der Waals surface area contributed by atoms with Gasteiger partial charge in [-0.2, -0.15) is 0 Å². The fourth-order valence-corrected chi connectivity index (χ4v) is 14.7. The van der Waals surface area contributed by atoms with E-state index < -0.39 is 0 Å². The molecule has 0 N–H and O–H groups in total. The van der Waals surface area contributed by atoms with Crippen LogP contribution >= 0.6 is 0 Å². The molecule has 8 aliphatic carbocycles. The van der Waals surface area contributed by atoms with Crippen LogP contribution in [-0.4, -0.2) is 5.78 Å². The molecule has 0 radical (unpaired) electrons. The third kappa shape index (κ3) is 4.96. The Morgan fingerprint density at radius 3 is 1.45 bits per heavy atom. The molecule has 232 valence electrons. The molecule has 8 aliphatic rings. The molecule has 0 spiro atoms. The van der Waals surface area contributed by atoms with Crippen molar-refractivity contribution in [2.45, 2.75) is 142 Å². The summed E-state index contributed by atoms with van der Waals surface area (Å²) in [6.45, 7) is 5.25. The summed E-state index contributed by atoms with van der Waals surface area (Å²) in [5.41, 5.74) is 1.06. The molecule has 0 bridgehead atoms. The van der Waals surface area contributed by atoms with Gasteiger partial charge in [-0.1, -0.05) is 64.5 Å². The van der Waals surface area contributed by atoms with E-state index in [0.29, 0.717) is 22.7 Å². The van der Waals surface area contributed by atoms with Gasteiger partial charge in [0, 0.05) is 0 Å². The zero-order valence-corrected chi connectivity index (χ0v) is 27.3. The molecule has 0 saturated heterocycles. The molecule has 0 amide bonds. The van der Waals surface area contributed by atoms with E-state index in [1.54, 1.807) is 0 Å². The van der Waals surface area contributed by atoms with Crippen LogP contribution < -0.4 is 0 Å². The van der Waals surface area contributed by atoms with E-state index in [1.165, 1.54) is 128 Å². The average molecular weight is 571 g/mol. The van der Waals surface area contributed by atoms with E-state index in [9.17, 15) is 4.79 Å². The molecule has 0 aromatic carbocycles. The molecule has 0 aromatic rings. The highest BCUT2D eigenvalue weighted by Gasteiger charge is 2.56. The molecular weight excluding hydrogens is 508 g/mol. The SMILES string of the molecule is C[C@]12CC[C@H]3[C@@H](CCC4CCCC[C@@H]43)[C@@H]1CC(C=CC(=O)C=CC1C[C@H]3[C@@H]4CCC5CCCC[C@@H]5[C@H]4CC[C@]3(C)C1)C2. The second kappa shape index (κ2) is 11.2. The first kappa shape index (κ1) is 28.6. The van der Waals surface area contributed by atoms with Crippen LogP contribution in [-0.2, 0) is 4.79 Å². The predicted molar refractivity (Wildman–Crippen MR) is 174 cm³/mol. The number of allylic oxidation sites excluding steroid dienone is 4. The first-order valence-corrected chi connectivity index (χ1v) is 19.3. The molecule has 8 fully saturated rings. The molecule has 4 unspecified atom stereocenters. The highest BCUT2D eigenvalue weighted by Crippen LogP contribution is 2.65. The summed E-state index contributed by atoms with van der Waals surface area (Å²) in [6.07, 6.45) is 38.1. The fourth-order valence-electron chi connectivity index (χ4n) is 14.7. The van der Waals surface area contributed by atoms with Gasteiger partial charge >= 0.3 is 0 Å². The zero-order chi connectivity index (χ0) is 28.5. The monoisotopic (exact) mass is 570 g/mol. The Morgan fingerprint density at radius 1 is 0.524 bits per heavy atom. The highest BCUT2D eigenvalue weighted by atomic mass is 16.1. The van der Waals surface area contributed by atoms with E-state index in [2.05, 4.69) is 26.0 Å². The van der Waals surface area contributed by atoms with Crippen molar-refractivity contribution in [1.29, 1.82) is 0 Å². The standard InChI is InChI=1S/C41H62O/c1-40-21-19-34-32-9-5-3-7-29(32)13-17-36(34)38(40)23-27(25-40)11-15-31(42)16-12-28-24-39-37-18-14-30-8-4-6-10-33(30)35(37)20-22-41(39,2)26-28/h11-12,15-16,27-30,32-39H,3-10,13-14,17-26H2,1-2H3/t27?,28?,29?,30?,32-,33-,34+,35+,36+,37+,38-,39-,40+,41+/m0/s1. The van der Waals surface area contributed by atoms with Crippen molar-refractivity contribution in [3.05, 3.63) is 24.3 Å². The number of hydrogen-bond donors (Lipinski definition) is 0. The van der Waals surface area contributed by atoms with Crippen LogP contribution in [0.5, 0.6) is 0 Å². The Labute approximate surface area is 258 Å². The van der Waals surface area contributed by atoms with Crippen LogP contribution in [0.4, 0.5) is 0 Å². The first-order chi connectivity index (χ1) is 20.4. The van der Waals surface area contributed by atoms with Gasteiger partial charge in [0.1, 0.15) is 0 Å². The lowest BCUT2D eigenvalue weighted by molar-refractivity contribution is -0.110. The van der Waals surface area contributed by atoms with Gasteiger partial charge in [-0.3, -0.25) is 4.79 Å². The molecule has 42 heavy (non-hydrogen) atoms. The van der Waals surface area contributed by atoms with Gasteiger partial charge in [0.05, 0.1) is 0 Å². The van der Waals surface area contributed by atoms with Gasteiger partial charge in [-0.05, 0) is 184 Å². The van der Waals surface area contributed by atoms with Crippen molar-refractivity contribution in [2.75, 3.05) is 0 Å². The van der Waals surface area contributed by atoms with E-state index in [-0.39, 0.29) is 5.78 Å². The number of fused-ring (bicyclic) bond motifs is 10. The summed E-state index contributed by atoms with van der Waals surface area (Å²) in [7, 11) is 0. The van der Waals surface area contributed by atoms with Gasteiger partial charge in [0.2, 0.25) is 0 Å². The lowest BCUT2D eigenvalue weighted by Gasteiger charge is -2.54. The van der Waals surface area contributed by atoms with Gasteiger partial charge in [0.15, 0.2) is 5.78 Å². The Hall–Kier alpha value is -0.850. The zero-order valence-electron chi connectivity index (χ0n) is 27.3. The highest BCUT2D eigenvalue weighted by molar-refractivity contribution is 5.99. The van der Waals surface area contributed by atoms with Gasteiger partial charge in [0.25, 0.3) is 0 Å². The molecule has 1 heteroatoms. The maximum absolute atomic E-state index is 13.1. The van der Waals surface area contributed by atoms with Crippen molar-refractivity contribution in [1.82, 2.24) is 0 Å². The summed E-state index contributed by atoms with van der Waals surface area (Å²) in [5.74, 6) is 11.6. The number of rotatable bonds is 4. The van der Waals surface area contributed by atoms with Crippen molar-refractivity contribution >= 4 is 5.78 Å². The summed E-state index contributed by atoms with van der Waals surface area (Å²) in [5, 5.41) is 0. The van der Waals surface area contributed by atoms with Crippen molar-refractivity contribution < 1.29 is 4.79 Å². The molecule has 0 aromatic heterocycles. The minimum absolute atomic E-state index is 0.260. The topological polar surface area (TPSA) is 17.1 Å². The Morgan fingerprint density at radius 2 is 0.976 bits per heavy atom. The van der Waals surface area contributed by atoms with Gasteiger partial charge < -0.3 is 0 Å². The Bertz CT molecular complexity index is 987. The van der Waals surface area contributed by atoms with Gasteiger partial charge in [-0.15, -0.1) is 0 Å². The Balaban J connectivity index is 0.876. The van der Waals surface area contributed by atoms with Crippen LogP contribution in [0.2, 0.25) is 0 Å². The predicted octanol–water partition coefficient (Wildman–Crippen LogP) is 11.0. The molecule has 8 rings (SSSR count). The fraction of sp³-hybridized carbons (Fsp3) is 0.878.